The normalized spacial score (nSPS) is 20.5. The summed E-state index contributed by atoms with van der Waals surface area (Å²) in [5.74, 6) is -2.64. The molecule has 114 valence electrons. The molecular weight excluding hydrogens is 307 g/mol. The van der Waals surface area contributed by atoms with Crippen LogP contribution in [-0.2, 0) is 14.6 Å². The van der Waals surface area contributed by atoms with Crippen molar-refractivity contribution in [1.29, 1.82) is 0 Å². The average Bonchev–Trinajstić information content (AvgIpc) is 2.71. The third-order valence-electron chi connectivity index (χ3n) is 3.02. The number of nitrogens with zero attached hydrogens (tertiary/aromatic N) is 1. The lowest BCUT2D eigenvalue weighted by molar-refractivity contribution is -0.170. The summed E-state index contributed by atoms with van der Waals surface area (Å²) in [4.78, 5) is 12.1. The van der Waals surface area contributed by atoms with E-state index in [1.165, 1.54) is 12.1 Å². The van der Waals surface area contributed by atoms with E-state index in [-0.39, 0.29) is 5.69 Å². The molecule has 0 bridgehead atoms. The number of aryl methyl sites for hydroxylation is 1. The highest BCUT2D eigenvalue weighted by Gasteiger charge is 2.46. The number of amides is 1. The quantitative estimate of drug-likeness (QED) is 0.840. The Morgan fingerprint density at radius 1 is 1.24 bits per heavy atom. The van der Waals surface area contributed by atoms with Crippen molar-refractivity contribution in [1.82, 2.24) is 0 Å². The monoisotopic (exact) mass is 319 g/mol. The van der Waals surface area contributed by atoms with Crippen LogP contribution >= 0.6 is 0 Å². The van der Waals surface area contributed by atoms with E-state index in [1.807, 2.05) is 0 Å². The molecule has 1 aliphatic heterocycles. The smallest absolute Gasteiger partial charge is 0.297 e. The SMILES string of the molecule is Cc1ccc(N(C(=O)C(F)(F)F)C2C=CS(=O)(=O)C2)cc1. The van der Waals surface area contributed by atoms with E-state index in [0.29, 0.717) is 4.90 Å². The van der Waals surface area contributed by atoms with Crippen LogP contribution in [0.1, 0.15) is 5.56 Å². The molecule has 0 spiro atoms. The highest BCUT2D eigenvalue weighted by atomic mass is 32.2. The van der Waals surface area contributed by atoms with Gasteiger partial charge in [-0.05, 0) is 25.1 Å². The number of hydrogen-bond donors (Lipinski definition) is 0. The highest BCUT2D eigenvalue weighted by Crippen LogP contribution is 2.28. The van der Waals surface area contributed by atoms with Crippen LogP contribution in [0.15, 0.2) is 35.7 Å². The zero-order chi connectivity index (χ0) is 15.8. The van der Waals surface area contributed by atoms with Gasteiger partial charge in [0.15, 0.2) is 9.84 Å². The second-order valence-corrected chi connectivity index (χ2v) is 6.67. The van der Waals surface area contributed by atoms with Crippen molar-refractivity contribution in [3.8, 4) is 0 Å². The van der Waals surface area contributed by atoms with Crippen molar-refractivity contribution in [2.24, 2.45) is 0 Å². The third kappa shape index (κ3) is 3.44. The number of rotatable bonds is 2. The molecule has 2 rings (SSSR count). The van der Waals surface area contributed by atoms with Gasteiger partial charge in [0, 0.05) is 11.1 Å². The van der Waals surface area contributed by atoms with Crippen LogP contribution in [0.4, 0.5) is 18.9 Å². The summed E-state index contributed by atoms with van der Waals surface area (Å²) in [5, 5.41) is 0.836. The van der Waals surface area contributed by atoms with Crippen LogP contribution < -0.4 is 4.90 Å². The molecule has 1 unspecified atom stereocenters. The van der Waals surface area contributed by atoms with Gasteiger partial charge in [0.1, 0.15) is 0 Å². The van der Waals surface area contributed by atoms with E-state index in [9.17, 15) is 26.4 Å². The minimum absolute atomic E-state index is 0.00896. The van der Waals surface area contributed by atoms with Gasteiger partial charge in [-0.2, -0.15) is 13.2 Å². The summed E-state index contributed by atoms with van der Waals surface area (Å²) in [6, 6.07) is 4.67. The Balaban J connectivity index is 2.43. The van der Waals surface area contributed by atoms with Gasteiger partial charge in [0.25, 0.3) is 0 Å². The van der Waals surface area contributed by atoms with E-state index in [2.05, 4.69) is 0 Å². The Bertz CT molecular complexity index is 678. The Kier molecular flexibility index (Phi) is 3.83. The van der Waals surface area contributed by atoms with Gasteiger partial charge in [0.2, 0.25) is 0 Å². The van der Waals surface area contributed by atoms with E-state index in [1.54, 1.807) is 19.1 Å². The van der Waals surface area contributed by atoms with Crippen LogP contribution in [0.5, 0.6) is 0 Å². The molecule has 1 aromatic carbocycles. The van der Waals surface area contributed by atoms with Gasteiger partial charge in [0.05, 0.1) is 11.8 Å². The maximum atomic E-state index is 12.7. The number of hydrogen-bond acceptors (Lipinski definition) is 3. The fraction of sp³-hybridized carbons (Fsp3) is 0.308. The number of benzene rings is 1. The zero-order valence-corrected chi connectivity index (χ0v) is 11.8. The van der Waals surface area contributed by atoms with Gasteiger partial charge in [-0.3, -0.25) is 9.69 Å². The van der Waals surface area contributed by atoms with E-state index in [0.717, 1.165) is 17.0 Å². The molecule has 4 nitrogen and oxygen atoms in total. The molecule has 0 fully saturated rings. The van der Waals surface area contributed by atoms with Crippen molar-refractivity contribution < 1.29 is 26.4 Å². The average molecular weight is 319 g/mol. The molecule has 0 aromatic heterocycles. The second-order valence-electron chi connectivity index (χ2n) is 4.73. The van der Waals surface area contributed by atoms with E-state index in [4.69, 9.17) is 0 Å². The third-order valence-corrected chi connectivity index (χ3v) is 4.39. The maximum Gasteiger partial charge on any atom is 0.471 e. The van der Waals surface area contributed by atoms with Gasteiger partial charge in [-0.25, -0.2) is 8.42 Å². The first kappa shape index (κ1) is 15.6. The zero-order valence-electron chi connectivity index (χ0n) is 11.0. The second kappa shape index (κ2) is 5.18. The van der Waals surface area contributed by atoms with Crippen molar-refractivity contribution in [3.05, 3.63) is 41.3 Å². The molecule has 1 aliphatic rings. The number of alkyl halides is 3. The first-order chi connectivity index (χ1) is 9.60. The van der Waals surface area contributed by atoms with Gasteiger partial charge in [-0.1, -0.05) is 17.7 Å². The Morgan fingerprint density at radius 3 is 2.24 bits per heavy atom. The molecule has 0 saturated heterocycles. The predicted octanol–water partition coefficient (Wildman–Crippen LogP) is 2.20. The number of anilines is 1. The summed E-state index contributed by atoms with van der Waals surface area (Å²) >= 11 is 0. The summed E-state index contributed by atoms with van der Waals surface area (Å²) in [6.07, 6.45) is -3.98. The molecule has 1 atom stereocenters. The fourth-order valence-corrected chi connectivity index (χ4v) is 3.29. The van der Waals surface area contributed by atoms with E-state index >= 15 is 0 Å². The Labute approximate surface area is 119 Å². The molecule has 1 aromatic rings. The molecule has 21 heavy (non-hydrogen) atoms. The molecule has 8 heteroatoms. The predicted molar refractivity (Wildman–Crippen MR) is 71.4 cm³/mol. The molecular formula is C13H12F3NO3S. The lowest BCUT2D eigenvalue weighted by atomic mass is 10.1. The molecule has 0 radical (unpaired) electrons. The minimum Gasteiger partial charge on any atom is -0.297 e. The highest BCUT2D eigenvalue weighted by molar-refractivity contribution is 7.94. The standard InChI is InChI=1S/C13H12F3NO3S/c1-9-2-4-10(5-3-9)17(12(18)13(14,15)16)11-6-7-21(19,20)8-11/h2-7,11H,8H2,1H3. The number of sulfone groups is 1. The van der Waals surface area contributed by atoms with Crippen molar-refractivity contribution in [3.63, 3.8) is 0 Å². The van der Waals surface area contributed by atoms with Crippen molar-refractivity contribution in [2.45, 2.75) is 19.1 Å². The molecule has 0 N–H and O–H groups in total. The molecule has 0 aliphatic carbocycles. The summed E-state index contributed by atoms with van der Waals surface area (Å²) in [6.45, 7) is 1.75. The summed E-state index contributed by atoms with van der Waals surface area (Å²) < 4.78 is 61.0. The topological polar surface area (TPSA) is 54.5 Å². The van der Waals surface area contributed by atoms with Gasteiger partial charge < -0.3 is 0 Å². The van der Waals surface area contributed by atoms with Crippen LogP contribution in [0, 0.1) is 6.92 Å². The molecule has 1 heterocycles. The summed E-state index contributed by atoms with van der Waals surface area (Å²) in [7, 11) is -3.58. The van der Waals surface area contributed by atoms with Gasteiger partial charge >= 0.3 is 12.1 Å². The van der Waals surface area contributed by atoms with Crippen molar-refractivity contribution in [2.75, 3.05) is 10.7 Å². The number of carbonyl (C=O) groups excluding carboxylic acids is 1. The Hall–Kier alpha value is -1.83. The van der Waals surface area contributed by atoms with Crippen LogP contribution in [0.25, 0.3) is 0 Å². The van der Waals surface area contributed by atoms with E-state index < -0.39 is 33.7 Å². The first-order valence-electron chi connectivity index (χ1n) is 5.98. The fourth-order valence-electron chi connectivity index (χ4n) is 2.02. The lowest BCUT2D eigenvalue weighted by Crippen LogP contribution is -2.47. The van der Waals surface area contributed by atoms with Crippen LogP contribution in [0.3, 0.4) is 0 Å². The number of carbonyl (C=O) groups is 1. The maximum absolute atomic E-state index is 12.7. The van der Waals surface area contributed by atoms with Crippen LogP contribution in [-0.4, -0.2) is 32.3 Å². The first-order valence-corrected chi connectivity index (χ1v) is 7.70. The lowest BCUT2D eigenvalue weighted by Gasteiger charge is -2.28. The minimum atomic E-state index is -5.08. The molecule has 1 amide bonds. The number of halogens is 3. The van der Waals surface area contributed by atoms with Crippen LogP contribution in [0.2, 0.25) is 0 Å². The van der Waals surface area contributed by atoms with Crippen molar-refractivity contribution >= 4 is 21.4 Å². The summed E-state index contributed by atoms with van der Waals surface area (Å²) in [5.41, 5.74) is 0.822. The van der Waals surface area contributed by atoms with Gasteiger partial charge in [-0.15, -0.1) is 0 Å². The largest absolute Gasteiger partial charge is 0.471 e. The Morgan fingerprint density at radius 2 is 1.81 bits per heavy atom. The molecule has 0 saturated carbocycles.